The van der Waals surface area contributed by atoms with Crippen LogP contribution in [0.3, 0.4) is 0 Å². The number of rotatable bonds is 7. The Morgan fingerprint density at radius 3 is 2.89 bits per heavy atom. The molecule has 1 aromatic heterocycles. The molecule has 19 heavy (non-hydrogen) atoms. The highest BCUT2D eigenvalue weighted by atomic mass is 127. The molecule has 2 rings (SSSR count). The van der Waals surface area contributed by atoms with E-state index in [1.54, 1.807) is 0 Å². The van der Waals surface area contributed by atoms with Gasteiger partial charge in [-0.25, -0.2) is 4.98 Å². The third kappa shape index (κ3) is 7.02. The first-order valence-electron chi connectivity index (χ1n) is 6.39. The molecule has 6 heteroatoms. The van der Waals surface area contributed by atoms with Gasteiger partial charge in [0.25, 0.3) is 0 Å². The average molecular weight is 415 g/mol. The van der Waals surface area contributed by atoms with Crippen LogP contribution in [-0.4, -0.2) is 41.2 Å². The van der Waals surface area contributed by atoms with Crippen LogP contribution in [0.2, 0.25) is 0 Å². The Morgan fingerprint density at radius 2 is 2.21 bits per heavy atom. The maximum Gasteiger partial charge on any atom is 0.213 e. The van der Waals surface area contributed by atoms with Gasteiger partial charge in [-0.2, -0.15) is 0 Å². The van der Waals surface area contributed by atoms with Gasteiger partial charge in [-0.3, -0.25) is 4.90 Å². The molecule has 1 aliphatic heterocycles. The summed E-state index contributed by atoms with van der Waals surface area (Å²) in [5.74, 6) is 3.27. The van der Waals surface area contributed by atoms with Crippen molar-refractivity contribution >= 4 is 46.8 Å². The Bertz CT molecular complexity index is 347. The second kappa shape index (κ2) is 10.1. The Kier molecular flexibility index (Phi) is 9.19. The SMILES string of the molecule is Cl.Ic1ccc(OCCCCCN2CCSC2)nc1. The summed E-state index contributed by atoms with van der Waals surface area (Å²) in [6.45, 7) is 3.30. The maximum atomic E-state index is 5.60. The van der Waals surface area contributed by atoms with Crippen molar-refractivity contribution in [1.29, 1.82) is 0 Å². The highest BCUT2D eigenvalue weighted by Crippen LogP contribution is 2.14. The second-order valence-corrected chi connectivity index (χ2v) is 6.70. The molecule has 0 aromatic carbocycles. The van der Waals surface area contributed by atoms with E-state index in [0.717, 1.165) is 22.5 Å². The number of halogens is 2. The van der Waals surface area contributed by atoms with E-state index >= 15 is 0 Å². The van der Waals surface area contributed by atoms with E-state index in [9.17, 15) is 0 Å². The van der Waals surface area contributed by atoms with Crippen LogP contribution in [0.4, 0.5) is 0 Å². The van der Waals surface area contributed by atoms with Gasteiger partial charge in [-0.05, 0) is 54.5 Å². The molecule has 0 amide bonds. The lowest BCUT2D eigenvalue weighted by atomic mass is 10.2. The first-order chi connectivity index (χ1) is 8.84. The van der Waals surface area contributed by atoms with Crippen molar-refractivity contribution < 1.29 is 4.74 Å². The summed E-state index contributed by atoms with van der Waals surface area (Å²) in [5, 5.41) is 0. The van der Waals surface area contributed by atoms with Gasteiger partial charge >= 0.3 is 0 Å². The van der Waals surface area contributed by atoms with Gasteiger partial charge < -0.3 is 4.74 Å². The molecule has 0 atom stereocenters. The van der Waals surface area contributed by atoms with Crippen LogP contribution in [0.1, 0.15) is 19.3 Å². The van der Waals surface area contributed by atoms with Gasteiger partial charge in [-0.15, -0.1) is 24.2 Å². The fourth-order valence-electron chi connectivity index (χ4n) is 1.87. The van der Waals surface area contributed by atoms with E-state index in [1.807, 2.05) is 30.1 Å². The molecule has 1 aliphatic rings. The number of ether oxygens (including phenoxy) is 1. The van der Waals surface area contributed by atoms with Crippen molar-refractivity contribution in [2.45, 2.75) is 19.3 Å². The normalized spacial score (nSPS) is 15.2. The van der Waals surface area contributed by atoms with E-state index in [4.69, 9.17) is 4.74 Å². The molecule has 0 bridgehead atoms. The molecular weight excluding hydrogens is 395 g/mol. The number of pyridine rings is 1. The fraction of sp³-hybridized carbons (Fsp3) is 0.615. The Hall–Kier alpha value is 0.280. The third-order valence-electron chi connectivity index (χ3n) is 2.89. The minimum absolute atomic E-state index is 0. The van der Waals surface area contributed by atoms with Crippen LogP contribution >= 0.6 is 46.8 Å². The monoisotopic (exact) mass is 414 g/mol. The minimum atomic E-state index is 0. The molecular formula is C13H20ClIN2OS. The van der Waals surface area contributed by atoms with Crippen molar-refractivity contribution in [3.05, 3.63) is 21.9 Å². The fourth-order valence-corrected chi connectivity index (χ4v) is 3.22. The zero-order valence-corrected chi connectivity index (χ0v) is 14.7. The number of aromatic nitrogens is 1. The largest absolute Gasteiger partial charge is 0.478 e. The quantitative estimate of drug-likeness (QED) is 0.502. The predicted molar refractivity (Wildman–Crippen MR) is 92.4 cm³/mol. The summed E-state index contributed by atoms with van der Waals surface area (Å²) in [6, 6.07) is 3.96. The van der Waals surface area contributed by atoms with E-state index < -0.39 is 0 Å². The first-order valence-corrected chi connectivity index (χ1v) is 8.62. The summed E-state index contributed by atoms with van der Waals surface area (Å²) in [6.07, 6.45) is 5.48. The van der Waals surface area contributed by atoms with Crippen LogP contribution < -0.4 is 4.74 Å². The molecule has 1 aromatic rings. The summed E-state index contributed by atoms with van der Waals surface area (Å²) in [7, 11) is 0. The number of thioether (sulfide) groups is 1. The zero-order chi connectivity index (χ0) is 12.6. The van der Waals surface area contributed by atoms with E-state index in [2.05, 4.69) is 32.5 Å². The number of unbranched alkanes of at least 4 members (excludes halogenated alkanes) is 2. The van der Waals surface area contributed by atoms with Crippen LogP contribution in [0.15, 0.2) is 18.3 Å². The van der Waals surface area contributed by atoms with Gasteiger partial charge in [0.1, 0.15) is 0 Å². The summed E-state index contributed by atoms with van der Waals surface area (Å²) in [5.41, 5.74) is 0. The average Bonchev–Trinajstić information content (AvgIpc) is 2.89. The second-order valence-electron chi connectivity index (χ2n) is 4.38. The smallest absolute Gasteiger partial charge is 0.213 e. The van der Waals surface area contributed by atoms with Gasteiger partial charge in [0, 0.05) is 34.0 Å². The van der Waals surface area contributed by atoms with E-state index in [0.29, 0.717) is 0 Å². The first kappa shape index (κ1) is 17.3. The van der Waals surface area contributed by atoms with Gasteiger partial charge in [0.2, 0.25) is 5.88 Å². The molecule has 3 nitrogen and oxygen atoms in total. The highest BCUT2D eigenvalue weighted by Gasteiger charge is 2.10. The Labute approximate surface area is 139 Å². The highest BCUT2D eigenvalue weighted by molar-refractivity contribution is 14.1. The van der Waals surface area contributed by atoms with Crippen LogP contribution in [0.5, 0.6) is 5.88 Å². The molecule has 0 aliphatic carbocycles. The summed E-state index contributed by atoms with van der Waals surface area (Å²) < 4.78 is 6.74. The Morgan fingerprint density at radius 1 is 1.32 bits per heavy atom. The lowest BCUT2D eigenvalue weighted by Crippen LogP contribution is -2.20. The van der Waals surface area contributed by atoms with Crippen LogP contribution in [-0.2, 0) is 0 Å². The zero-order valence-electron chi connectivity index (χ0n) is 10.9. The minimum Gasteiger partial charge on any atom is -0.478 e. The predicted octanol–water partition coefficient (Wildman–Crippen LogP) is 3.66. The maximum absolute atomic E-state index is 5.60. The lowest BCUT2D eigenvalue weighted by molar-refractivity contribution is 0.285. The van der Waals surface area contributed by atoms with Crippen molar-refractivity contribution in [3.8, 4) is 5.88 Å². The van der Waals surface area contributed by atoms with Gasteiger partial charge in [0.05, 0.1) is 6.61 Å². The lowest BCUT2D eigenvalue weighted by Gasteiger charge is -2.12. The molecule has 0 saturated carbocycles. The molecule has 2 heterocycles. The Balaban J connectivity index is 0.00000180. The topological polar surface area (TPSA) is 25.4 Å². The molecule has 1 fully saturated rings. The van der Waals surface area contributed by atoms with Crippen molar-refractivity contribution in [1.82, 2.24) is 9.88 Å². The summed E-state index contributed by atoms with van der Waals surface area (Å²) in [4.78, 5) is 6.75. The van der Waals surface area contributed by atoms with E-state index in [1.165, 1.54) is 37.6 Å². The van der Waals surface area contributed by atoms with Crippen molar-refractivity contribution in [3.63, 3.8) is 0 Å². The molecule has 0 N–H and O–H groups in total. The van der Waals surface area contributed by atoms with Gasteiger partial charge in [-0.1, -0.05) is 0 Å². The summed E-state index contributed by atoms with van der Waals surface area (Å²) >= 11 is 4.29. The molecule has 0 spiro atoms. The standard InChI is InChI=1S/C13H19IN2OS.ClH/c14-12-4-5-13(15-10-12)17-8-3-1-2-6-16-7-9-18-11-16;/h4-5,10H,1-3,6-9,11H2;1H. The van der Waals surface area contributed by atoms with Crippen LogP contribution in [0, 0.1) is 3.57 Å². The molecule has 1 saturated heterocycles. The third-order valence-corrected chi connectivity index (χ3v) is 4.55. The van der Waals surface area contributed by atoms with Crippen molar-refractivity contribution in [2.24, 2.45) is 0 Å². The number of hydrogen-bond donors (Lipinski definition) is 0. The molecule has 0 unspecified atom stereocenters. The van der Waals surface area contributed by atoms with Gasteiger partial charge in [0.15, 0.2) is 0 Å². The van der Waals surface area contributed by atoms with Crippen molar-refractivity contribution in [2.75, 3.05) is 31.3 Å². The molecule has 0 radical (unpaired) electrons. The number of hydrogen-bond acceptors (Lipinski definition) is 4. The van der Waals surface area contributed by atoms with E-state index in [-0.39, 0.29) is 12.4 Å². The molecule has 108 valence electrons. The van der Waals surface area contributed by atoms with Crippen LogP contribution in [0.25, 0.3) is 0 Å². The number of nitrogens with zero attached hydrogens (tertiary/aromatic N) is 2.